The molecule has 6 aromatic rings. The average molecular weight is 757 g/mol. The Balaban J connectivity index is 1.49. The van der Waals surface area contributed by atoms with Crippen LogP contribution in [0.15, 0.2) is 164 Å². The van der Waals surface area contributed by atoms with Gasteiger partial charge in [-0.2, -0.15) is 0 Å². The van der Waals surface area contributed by atoms with Crippen molar-refractivity contribution in [3.05, 3.63) is 180 Å². The molecule has 0 aromatic heterocycles. The maximum absolute atomic E-state index is 6.24. The van der Waals surface area contributed by atoms with Gasteiger partial charge in [0.25, 0.3) is 0 Å². The number of rotatable bonds is 15. The zero-order chi connectivity index (χ0) is 37.5. The van der Waals surface area contributed by atoms with Crippen molar-refractivity contribution in [3.63, 3.8) is 0 Å². The lowest BCUT2D eigenvalue weighted by molar-refractivity contribution is 0.272. The fourth-order valence-electron chi connectivity index (χ4n) is 7.71. The van der Waals surface area contributed by atoms with Crippen LogP contribution >= 0.6 is 0 Å². The van der Waals surface area contributed by atoms with E-state index in [2.05, 4.69) is 116 Å². The van der Waals surface area contributed by atoms with E-state index in [1.54, 1.807) is 42.7 Å². The summed E-state index contributed by atoms with van der Waals surface area (Å²) in [7, 11) is 1.66. The minimum Gasteiger partial charge on any atom is -0.391 e. The van der Waals surface area contributed by atoms with Crippen LogP contribution in [-0.2, 0) is 32.0 Å². The molecule has 0 fully saturated rings. The van der Waals surface area contributed by atoms with Crippen molar-refractivity contribution < 1.29 is 26.6 Å². The number of benzene rings is 6. The molecule has 6 rings (SSSR count). The third-order valence-electron chi connectivity index (χ3n) is 10.7. The standard InChI is InChI=1S/C44H48O6Si3/c1-44(35-23-29-41(30-24-35)51(45-2,46-3)38-17-11-8-12-18-38,36-25-31-42(32-26-36)52(47-4,48-5)39-19-13-9-14-20-39)37-27-33-43(34-28-37)53(49-6,50-7)40-21-15-10-16-22-40/h8-34H,1-7H3. The summed E-state index contributed by atoms with van der Waals surface area (Å²) in [6.45, 7) is 2.28. The largest absolute Gasteiger partial charge is 0.406 e. The van der Waals surface area contributed by atoms with E-state index < -0.39 is 31.1 Å². The van der Waals surface area contributed by atoms with Crippen LogP contribution in [0.4, 0.5) is 0 Å². The third-order valence-corrected chi connectivity index (χ3v) is 20.7. The molecule has 53 heavy (non-hydrogen) atoms. The van der Waals surface area contributed by atoms with E-state index in [0.717, 1.165) is 47.8 Å². The summed E-state index contributed by atoms with van der Waals surface area (Å²) in [4.78, 5) is 0. The smallest absolute Gasteiger partial charge is 0.391 e. The zero-order valence-electron chi connectivity index (χ0n) is 31.5. The van der Waals surface area contributed by atoms with E-state index in [0.29, 0.717) is 0 Å². The fourth-order valence-corrected chi connectivity index (χ4v) is 15.7. The first-order chi connectivity index (χ1) is 25.8. The molecule has 0 aliphatic rings. The second-order valence-electron chi connectivity index (χ2n) is 13.0. The molecule has 0 amide bonds. The van der Waals surface area contributed by atoms with Crippen LogP contribution < -0.4 is 31.1 Å². The van der Waals surface area contributed by atoms with E-state index in [1.807, 2.05) is 54.6 Å². The van der Waals surface area contributed by atoms with Crippen LogP contribution in [-0.4, -0.2) is 68.3 Å². The Morgan fingerprint density at radius 2 is 0.472 bits per heavy atom. The van der Waals surface area contributed by atoms with Crippen LogP contribution in [0.3, 0.4) is 0 Å². The minimum atomic E-state index is -2.92. The van der Waals surface area contributed by atoms with E-state index in [1.165, 1.54) is 0 Å². The van der Waals surface area contributed by atoms with Gasteiger partial charge in [0.1, 0.15) is 0 Å². The molecule has 272 valence electrons. The van der Waals surface area contributed by atoms with E-state index in [4.69, 9.17) is 26.6 Å². The highest BCUT2D eigenvalue weighted by molar-refractivity contribution is 6.93. The van der Waals surface area contributed by atoms with Crippen LogP contribution in [0.5, 0.6) is 0 Å². The molecule has 0 atom stereocenters. The molecule has 0 saturated carbocycles. The van der Waals surface area contributed by atoms with Crippen molar-refractivity contribution >= 4 is 56.8 Å². The van der Waals surface area contributed by atoms with E-state index >= 15 is 0 Å². The summed E-state index contributed by atoms with van der Waals surface area (Å²) >= 11 is 0. The molecule has 0 bridgehead atoms. The van der Waals surface area contributed by atoms with Gasteiger partial charge in [-0.05, 0) is 54.7 Å². The van der Waals surface area contributed by atoms with Gasteiger partial charge in [0.2, 0.25) is 0 Å². The van der Waals surface area contributed by atoms with Gasteiger partial charge in [-0.3, -0.25) is 0 Å². The first-order valence-electron chi connectivity index (χ1n) is 17.6. The Labute approximate surface area is 317 Å². The Morgan fingerprint density at radius 1 is 0.283 bits per heavy atom. The highest BCUT2D eigenvalue weighted by Crippen LogP contribution is 2.38. The summed E-state index contributed by atoms with van der Waals surface area (Å²) in [6, 6.07) is 56.9. The molecule has 0 aliphatic carbocycles. The van der Waals surface area contributed by atoms with Gasteiger partial charge in [-0.25, -0.2) is 0 Å². The SMILES string of the molecule is CO[Si](OC)(c1ccccc1)c1ccc(C(C)(c2ccc([Si](OC)(OC)c3ccccc3)cc2)c2ccc([Si](OC)(OC)c3ccccc3)cc2)cc1. The Kier molecular flexibility index (Phi) is 11.9. The van der Waals surface area contributed by atoms with E-state index in [9.17, 15) is 0 Å². The highest BCUT2D eigenvalue weighted by Gasteiger charge is 2.44. The van der Waals surface area contributed by atoms with Crippen molar-refractivity contribution in [1.29, 1.82) is 0 Å². The summed E-state index contributed by atoms with van der Waals surface area (Å²) < 4.78 is 37.4. The van der Waals surface area contributed by atoms with Gasteiger partial charge >= 0.3 is 25.7 Å². The lowest BCUT2D eigenvalue weighted by Gasteiger charge is -2.35. The van der Waals surface area contributed by atoms with Crippen molar-refractivity contribution in [2.24, 2.45) is 0 Å². The van der Waals surface area contributed by atoms with Crippen LogP contribution in [0.1, 0.15) is 23.6 Å². The molecule has 9 heteroatoms. The van der Waals surface area contributed by atoms with Gasteiger partial charge in [0, 0.05) is 48.1 Å². The van der Waals surface area contributed by atoms with Crippen molar-refractivity contribution in [1.82, 2.24) is 0 Å². The monoisotopic (exact) mass is 756 g/mol. The molecular weight excluding hydrogens is 709 g/mol. The first kappa shape index (κ1) is 38.5. The summed E-state index contributed by atoms with van der Waals surface area (Å²) in [5.74, 6) is 0. The molecule has 0 saturated heterocycles. The normalized spacial score (nSPS) is 12.5. The molecule has 6 aromatic carbocycles. The summed E-state index contributed by atoms with van der Waals surface area (Å²) in [5.41, 5.74) is 2.82. The van der Waals surface area contributed by atoms with Crippen molar-refractivity contribution in [3.8, 4) is 0 Å². The lowest BCUT2D eigenvalue weighted by atomic mass is 9.71. The molecule has 0 heterocycles. The quantitative estimate of drug-likeness (QED) is 0.113. The van der Waals surface area contributed by atoms with Crippen LogP contribution in [0.2, 0.25) is 0 Å². The molecular formula is C44H48O6Si3. The molecule has 0 spiro atoms. The maximum atomic E-state index is 6.24. The number of hydrogen-bond donors (Lipinski definition) is 0. The van der Waals surface area contributed by atoms with Crippen LogP contribution in [0, 0.1) is 0 Å². The highest BCUT2D eigenvalue weighted by atomic mass is 28.4. The number of hydrogen-bond acceptors (Lipinski definition) is 6. The lowest BCUT2D eigenvalue weighted by Crippen LogP contribution is -2.62. The Morgan fingerprint density at radius 3 is 0.660 bits per heavy atom. The second-order valence-corrected chi connectivity index (χ2v) is 22.6. The fraction of sp³-hybridized carbons (Fsp3) is 0.182. The topological polar surface area (TPSA) is 55.4 Å². The van der Waals surface area contributed by atoms with Crippen molar-refractivity contribution in [2.75, 3.05) is 42.7 Å². The molecule has 6 nitrogen and oxygen atoms in total. The Bertz CT molecular complexity index is 1790. The average Bonchev–Trinajstić information content (AvgIpc) is 3.24. The van der Waals surface area contributed by atoms with Crippen LogP contribution in [0.25, 0.3) is 0 Å². The minimum absolute atomic E-state index is 0.555. The first-order valence-corrected chi connectivity index (χ1v) is 23.1. The van der Waals surface area contributed by atoms with Gasteiger partial charge < -0.3 is 26.6 Å². The Hall–Kier alpha value is -4.27. The zero-order valence-corrected chi connectivity index (χ0v) is 34.5. The van der Waals surface area contributed by atoms with Gasteiger partial charge in [-0.15, -0.1) is 0 Å². The second kappa shape index (κ2) is 16.4. The summed E-state index contributed by atoms with van der Waals surface area (Å²) in [5, 5.41) is 6.25. The van der Waals surface area contributed by atoms with Gasteiger partial charge in [0.15, 0.2) is 0 Å². The molecule has 0 N–H and O–H groups in total. The predicted molar refractivity (Wildman–Crippen MR) is 221 cm³/mol. The predicted octanol–water partition coefficient (Wildman–Crippen LogP) is 4.59. The van der Waals surface area contributed by atoms with Crippen molar-refractivity contribution in [2.45, 2.75) is 12.3 Å². The van der Waals surface area contributed by atoms with Gasteiger partial charge in [-0.1, -0.05) is 164 Å². The molecule has 0 aliphatic heterocycles. The maximum Gasteiger partial charge on any atom is 0.406 e. The van der Waals surface area contributed by atoms with Gasteiger partial charge in [0.05, 0.1) is 0 Å². The van der Waals surface area contributed by atoms with E-state index in [-0.39, 0.29) is 0 Å². The summed E-state index contributed by atoms with van der Waals surface area (Å²) in [6.07, 6.45) is 0. The molecule has 0 radical (unpaired) electrons. The third kappa shape index (κ3) is 6.74. The molecule has 0 unspecified atom stereocenters.